The molecule has 0 unspecified atom stereocenters. The molecule has 2 aromatic rings. The molecule has 0 radical (unpaired) electrons. The van der Waals surface area contributed by atoms with Gasteiger partial charge in [-0.25, -0.2) is 0 Å². The lowest BCUT2D eigenvalue weighted by Gasteiger charge is -2.08. The minimum atomic E-state index is 0.674. The van der Waals surface area contributed by atoms with E-state index in [1.54, 1.807) is 0 Å². The lowest BCUT2D eigenvalue weighted by atomic mass is 10.1. The Balaban J connectivity index is 1.62. The molecule has 1 aromatic heterocycles. The molecule has 1 N–H and O–H groups in total. The van der Waals surface area contributed by atoms with Gasteiger partial charge in [0.25, 0.3) is 0 Å². The first-order chi connectivity index (χ1) is 9.86. The molecule has 3 rings (SSSR count). The number of nitrogens with one attached hydrogen (secondary N) is 1. The van der Waals surface area contributed by atoms with E-state index in [0.717, 1.165) is 25.6 Å². The summed E-state index contributed by atoms with van der Waals surface area (Å²) in [5.74, 6) is 0.827. The summed E-state index contributed by atoms with van der Waals surface area (Å²) in [5.41, 5.74) is 2.61. The molecule has 3 nitrogen and oxygen atoms in total. The van der Waals surface area contributed by atoms with E-state index in [1.165, 1.54) is 35.7 Å². The van der Waals surface area contributed by atoms with E-state index in [4.69, 9.17) is 4.74 Å². The lowest BCUT2D eigenvalue weighted by molar-refractivity contribution is 0.0718. The summed E-state index contributed by atoms with van der Waals surface area (Å²) in [6.45, 7) is 5.81. The fraction of sp³-hybridized carbons (Fsp3) is 0.529. The number of benzene rings is 1. The minimum absolute atomic E-state index is 0.674. The van der Waals surface area contributed by atoms with Crippen molar-refractivity contribution < 1.29 is 4.74 Å². The number of aromatic nitrogens is 1. The van der Waals surface area contributed by atoms with Crippen molar-refractivity contribution in [3.63, 3.8) is 0 Å². The molecular formula is C17H24N2O. The molecule has 0 aliphatic heterocycles. The van der Waals surface area contributed by atoms with Gasteiger partial charge in [-0.3, -0.25) is 0 Å². The second-order valence-electron chi connectivity index (χ2n) is 5.80. The highest BCUT2D eigenvalue weighted by molar-refractivity contribution is 5.80. The van der Waals surface area contributed by atoms with Crippen LogP contribution in [0.25, 0.3) is 10.9 Å². The molecule has 20 heavy (non-hydrogen) atoms. The third-order valence-corrected chi connectivity index (χ3v) is 3.87. The monoisotopic (exact) mass is 272 g/mol. The van der Waals surface area contributed by atoms with Crippen LogP contribution in [0.3, 0.4) is 0 Å². The van der Waals surface area contributed by atoms with Gasteiger partial charge in [0.2, 0.25) is 0 Å². The molecule has 0 amide bonds. The summed E-state index contributed by atoms with van der Waals surface area (Å²) in [6.07, 6.45) is 6.00. The van der Waals surface area contributed by atoms with Gasteiger partial charge in [-0.1, -0.05) is 13.0 Å². The Morgan fingerprint density at radius 3 is 3.00 bits per heavy atom. The van der Waals surface area contributed by atoms with Crippen molar-refractivity contribution in [2.45, 2.75) is 39.5 Å². The predicted octanol–water partition coefficient (Wildman–Crippen LogP) is 3.53. The molecule has 1 aromatic carbocycles. The van der Waals surface area contributed by atoms with Gasteiger partial charge in [0.1, 0.15) is 6.73 Å². The molecule has 0 bridgehead atoms. The summed E-state index contributed by atoms with van der Waals surface area (Å²) < 4.78 is 7.97. The summed E-state index contributed by atoms with van der Waals surface area (Å²) in [4.78, 5) is 0. The van der Waals surface area contributed by atoms with E-state index < -0.39 is 0 Å². The summed E-state index contributed by atoms with van der Waals surface area (Å²) in [6, 6.07) is 8.87. The van der Waals surface area contributed by atoms with Gasteiger partial charge in [0.05, 0.1) is 6.61 Å². The topological polar surface area (TPSA) is 26.2 Å². The average molecular weight is 272 g/mol. The van der Waals surface area contributed by atoms with E-state index in [0.29, 0.717) is 6.73 Å². The Bertz CT molecular complexity index is 557. The number of hydrogen-bond donors (Lipinski definition) is 1. The molecule has 0 saturated heterocycles. The maximum Gasteiger partial charge on any atom is 0.122 e. The zero-order chi connectivity index (χ0) is 13.8. The minimum Gasteiger partial charge on any atom is -0.360 e. The van der Waals surface area contributed by atoms with Crippen molar-refractivity contribution in [2.75, 3.05) is 13.2 Å². The van der Waals surface area contributed by atoms with Crippen LogP contribution in [0.4, 0.5) is 0 Å². The van der Waals surface area contributed by atoms with Crippen LogP contribution in [0.2, 0.25) is 0 Å². The Kier molecular flexibility index (Phi) is 4.38. The van der Waals surface area contributed by atoms with Crippen LogP contribution < -0.4 is 5.32 Å². The molecule has 0 atom stereocenters. The fourth-order valence-electron chi connectivity index (χ4n) is 2.48. The van der Waals surface area contributed by atoms with Gasteiger partial charge in [0, 0.05) is 18.3 Å². The fourth-order valence-corrected chi connectivity index (χ4v) is 2.48. The molecule has 108 valence electrons. The third-order valence-electron chi connectivity index (χ3n) is 3.87. The number of hydrogen-bond acceptors (Lipinski definition) is 2. The Morgan fingerprint density at radius 2 is 2.20 bits per heavy atom. The largest absolute Gasteiger partial charge is 0.360 e. The van der Waals surface area contributed by atoms with Crippen molar-refractivity contribution in [3.05, 3.63) is 36.0 Å². The van der Waals surface area contributed by atoms with Crippen molar-refractivity contribution in [3.8, 4) is 0 Å². The first kappa shape index (κ1) is 13.7. The first-order valence-electron chi connectivity index (χ1n) is 7.73. The average Bonchev–Trinajstić information content (AvgIpc) is 3.20. The molecule has 1 fully saturated rings. The number of rotatable bonds is 8. The van der Waals surface area contributed by atoms with Crippen molar-refractivity contribution in [1.82, 2.24) is 9.88 Å². The van der Waals surface area contributed by atoms with Crippen LogP contribution in [0.1, 0.15) is 31.7 Å². The maximum absolute atomic E-state index is 5.77. The molecule has 1 aliphatic rings. The first-order valence-corrected chi connectivity index (χ1v) is 7.73. The Hall–Kier alpha value is -1.32. The van der Waals surface area contributed by atoms with E-state index in [-0.39, 0.29) is 0 Å². The summed E-state index contributed by atoms with van der Waals surface area (Å²) in [5, 5.41) is 4.75. The van der Waals surface area contributed by atoms with Gasteiger partial charge in [0.15, 0.2) is 0 Å². The molecular weight excluding hydrogens is 248 g/mol. The number of fused-ring (bicyclic) bond motifs is 1. The SMILES string of the molecule is CCCNCc1ccc2c(ccn2COCC2CC2)c1. The van der Waals surface area contributed by atoms with Gasteiger partial charge in [-0.2, -0.15) is 0 Å². The zero-order valence-corrected chi connectivity index (χ0v) is 12.3. The van der Waals surface area contributed by atoms with Gasteiger partial charge < -0.3 is 14.6 Å². The van der Waals surface area contributed by atoms with Gasteiger partial charge in [-0.05, 0) is 60.9 Å². The van der Waals surface area contributed by atoms with Crippen LogP contribution >= 0.6 is 0 Å². The molecule has 3 heteroatoms. The zero-order valence-electron chi connectivity index (χ0n) is 12.3. The van der Waals surface area contributed by atoms with Crippen LogP contribution in [0.15, 0.2) is 30.5 Å². The van der Waals surface area contributed by atoms with E-state index in [2.05, 4.69) is 47.3 Å². The number of ether oxygens (including phenoxy) is 1. The van der Waals surface area contributed by atoms with Crippen LogP contribution in [-0.2, 0) is 18.0 Å². The molecule has 1 aliphatic carbocycles. The standard InChI is InChI=1S/C17H24N2O/c1-2-8-18-11-15-5-6-17-16(10-15)7-9-19(17)13-20-12-14-3-4-14/h5-7,9-10,14,18H,2-4,8,11-13H2,1H3. The highest BCUT2D eigenvalue weighted by Gasteiger charge is 2.21. The Morgan fingerprint density at radius 1 is 1.30 bits per heavy atom. The quantitative estimate of drug-likeness (QED) is 0.744. The highest BCUT2D eigenvalue weighted by Crippen LogP contribution is 2.29. The van der Waals surface area contributed by atoms with Gasteiger partial charge >= 0.3 is 0 Å². The Labute approximate surface area is 120 Å². The van der Waals surface area contributed by atoms with Crippen molar-refractivity contribution in [2.24, 2.45) is 5.92 Å². The van der Waals surface area contributed by atoms with E-state index in [9.17, 15) is 0 Å². The van der Waals surface area contributed by atoms with E-state index in [1.807, 2.05) is 0 Å². The highest BCUT2D eigenvalue weighted by atomic mass is 16.5. The van der Waals surface area contributed by atoms with Crippen LogP contribution in [0.5, 0.6) is 0 Å². The van der Waals surface area contributed by atoms with Crippen molar-refractivity contribution >= 4 is 10.9 Å². The smallest absolute Gasteiger partial charge is 0.122 e. The normalized spacial score (nSPS) is 15.1. The molecule has 0 spiro atoms. The predicted molar refractivity (Wildman–Crippen MR) is 82.6 cm³/mol. The van der Waals surface area contributed by atoms with Gasteiger partial charge in [-0.15, -0.1) is 0 Å². The number of nitrogens with zero attached hydrogens (tertiary/aromatic N) is 1. The van der Waals surface area contributed by atoms with Crippen molar-refractivity contribution in [1.29, 1.82) is 0 Å². The van der Waals surface area contributed by atoms with Crippen LogP contribution in [-0.4, -0.2) is 17.7 Å². The maximum atomic E-state index is 5.77. The summed E-state index contributed by atoms with van der Waals surface area (Å²) in [7, 11) is 0. The molecule has 1 heterocycles. The third kappa shape index (κ3) is 3.41. The second-order valence-corrected chi connectivity index (χ2v) is 5.80. The lowest BCUT2D eigenvalue weighted by Crippen LogP contribution is -2.13. The second kappa shape index (κ2) is 6.42. The van der Waals surface area contributed by atoms with Crippen LogP contribution in [0, 0.1) is 5.92 Å². The molecule has 1 saturated carbocycles. The summed E-state index contributed by atoms with van der Waals surface area (Å²) >= 11 is 0. The van der Waals surface area contributed by atoms with E-state index >= 15 is 0 Å².